The zero-order valence-corrected chi connectivity index (χ0v) is 11.1. The molecule has 0 aliphatic heterocycles. The molecule has 0 bridgehead atoms. The van der Waals surface area contributed by atoms with Crippen molar-refractivity contribution in [2.75, 3.05) is 0 Å². The molecule has 0 fully saturated rings. The summed E-state index contributed by atoms with van der Waals surface area (Å²) in [5, 5.41) is 0. The third-order valence-electron chi connectivity index (χ3n) is 2.86. The summed E-state index contributed by atoms with van der Waals surface area (Å²) in [6.07, 6.45) is 2.36. The molecule has 0 radical (unpaired) electrons. The summed E-state index contributed by atoms with van der Waals surface area (Å²) in [6.45, 7) is 7.85. The fourth-order valence-corrected chi connectivity index (χ4v) is 1.60. The van der Waals surface area contributed by atoms with Crippen LogP contribution in [0.2, 0.25) is 0 Å². The number of alkyl halides is 3. The van der Waals surface area contributed by atoms with E-state index in [0.29, 0.717) is 11.1 Å². The van der Waals surface area contributed by atoms with Gasteiger partial charge in [-0.15, -0.1) is 0 Å². The van der Waals surface area contributed by atoms with Gasteiger partial charge < -0.3 is 0 Å². The molecule has 1 aromatic rings. The predicted molar refractivity (Wildman–Crippen MR) is 73.7 cm³/mol. The molecular formula is C16H17F3. The number of halogens is 3. The maximum absolute atomic E-state index is 12.4. The first-order valence-corrected chi connectivity index (χ1v) is 6.08. The molecule has 0 amide bonds. The first kappa shape index (κ1) is 15.3. The molecule has 102 valence electrons. The number of hydrogen-bond donors (Lipinski definition) is 0. The Morgan fingerprint density at radius 2 is 1.74 bits per heavy atom. The molecule has 0 aromatic heterocycles. The molecular weight excluding hydrogens is 249 g/mol. The fraction of sp³-hybridized carbons (Fsp3) is 0.250. The van der Waals surface area contributed by atoms with Crippen LogP contribution in [-0.2, 0) is 6.18 Å². The number of hydrogen-bond acceptors (Lipinski definition) is 0. The van der Waals surface area contributed by atoms with E-state index in [0.717, 1.165) is 24.1 Å². The van der Waals surface area contributed by atoms with E-state index in [1.807, 2.05) is 32.1 Å². The van der Waals surface area contributed by atoms with Crippen molar-refractivity contribution in [1.82, 2.24) is 0 Å². The molecule has 0 nitrogen and oxygen atoms in total. The van der Waals surface area contributed by atoms with Crippen molar-refractivity contribution in [3.8, 4) is 0 Å². The van der Waals surface area contributed by atoms with Crippen molar-refractivity contribution in [1.29, 1.82) is 0 Å². The summed E-state index contributed by atoms with van der Waals surface area (Å²) in [4.78, 5) is 0. The molecule has 1 rings (SSSR count). The van der Waals surface area contributed by atoms with Gasteiger partial charge in [-0.05, 0) is 36.6 Å². The Kier molecular flexibility index (Phi) is 5.16. The zero-order chi connectivity index (χ0) is 14.5. The van der Waals surface area contributed by atoms with E-state index in [1.54, 1.807) is 0 Å². The number of rotatable bonds is 4. The van der Waals surface area contributed by atoms with Crippen LogP contribution in [0.1, 0.15) is 31.4 Å². The Bertz CT molecular complexity index is 488. The van der Waals surface area contributed by atoms with Crippen LogP contribution in [0, 0.1) is 0 Å². The summed E-state index contributed by atoms with van der Waals surface area (Å²) in [6, 6.07) is 5.03. The van der Waals surface area contributed by atoms with Crippen LogP contribution in [0.25, 0.3) is 5.57 Å². The Morgan fingerprint density at radius 3 is 2.16 bits per heavy atom. The van der Waals surface area contributed by atoms with E-state index in [4.69, 9.17) is 0 Å². The van der Waals surface area contributed by atoms with Gasteiger partial charge in [-0.25, -0.2) is 0 Å². The van der Waals surface area contributed by atoms with Gasteiger partial charge in [-0.3, -0.25) is 0 Å². The highest BCUT2D eigenvalue weighted by molar-refractivity contribution is 5.72. The second-order valence-electron chi connectivity index (χ2n) is 4.15. The first-order valence-electron chi connectivity index (χ1n) is 6.08. The minimum Gasteiger partial charge on any atom is -0.166 e. The van der Waals surface area contributed by atoms with Gasteiger partial charge in [-0.1, -0.05) is 49.4 Å². The minimum atomic E-state index is -4.30. The van der Waals surface area contributed by atoms with Crippen LogP contribution in [0.3, 0.4) is 0 Å². The predicted octanol–water partition coefficient (Wildman–Crippen LogP) is 5.63. The molecule has 0 spiro atoms. The maximum Gasteiger partial charge on any atom is 0.416 e. The van der Waals surface area contributed by atoms with E-state index in [1.165, 1.54) is 12.1 Å². The van der Waals surface area contributed by atoms with Gasteiger partial charge in [0.2, 0.25) is 0 Å². The lowest BCUT2D eigenvalue weighted by Crippen LogP contribution is -2.04. The summed E-state index contributed by atoms with van der Waals surface area (Å²) < 4.78 is 37.3. The highest BCUT2D eigenvalue weighted by atomic mass is 19.4. The third-order valence-corrected chi connectivity index (χ3v) is 2.86. The molecule has 0 N–H and O–H groups in total. The molecule has 0 heterocycles. The van der Waals surface area contributed by atoms with Crippen molar-refractivity contribution in [3.63, 3.8) is 0 Å². The number of allylic oxidation sites excluding steroid dienone is 5. The van der Waals surface area contributed by atoms with E-state index in [-0.39, 0.29) is 0 Å². The van der Waals surface area contributed by atoms with Crippen LogP contribution in [0.4, 0.5) is 13.2 Å². The second kappa shape index (κ2) is 6.41. The molecule has 0 atom stereocenters. The molecule has 1 aromatic carbocycles. The monoisotopic (exact) mass is 266 g/mol. The standard InChI is InChI=1S/C16H17F3/c1-4-13(5-2)7-6-12(3)14-8-10-15(11-9-14)16(17,18)19/h4,6-11H,3,5H2,1-2H3/b7-6-,13-4-. The molecule has 3 heteroatoms. The van der Waals surface area contributed by atoms with Gasteiger partial charge in [0, 0.05) is 0 Å². The van der Waals surface area contributed by atoms with E-state index in [2.05, 4.69) is 6.58 Å². The summed E-state index contributed by atoms with van der Waals surface area (Å²) in [7, 11) is 0. The highest BCUT2D eigenvalue weighted by Gasteiger charge is 2.29. The molecule has 0 saturated heterocycles. The summed E-state index contributed by atoms with van der Waals surface area (Å²) in [5.74, 6) is 0. The van der Waals surface area contributed by atoms with Crippen molar-refractivity contribution in [3.05, 3.63) is 65.8 Å². The normalized spacial score (nSPS) is 13.0. The quantitative estimate of drug-likeness (QED) is 0.619. The molecule has 0 unspecified atom stereocenters. The van der Waals surface area contributed by atoms with Gasteiger partial charge in [0.25, 0.3) is 0 Å². The Morgan fingerprint density at radius 1 is 1.16 bits per heavy atom. The van der Waals surface area contributed by atoms with Crippen molar-refractivity contribution >= 4 is 5.57 Å². The van der Waals surface area contributed by atoms with Crippen LogP contribution < -0.4 is 0 Å². The average Bonchev–Trinajstić information content (AvgIpc) is 2.39. The van der Waals surface area contributed by atoms with Crippen molar-refractivity contribution in [2.45, 2.75) is 26.4 Å². The van der Waals surface area contributed by atoms with Crippen LogP contribution in [-0.4, -0.2) is 0 Å². The van der Waals surface area contributed by atoms with E-state index >= 15 is 0 Å². The molecule has 0 aliphatic rings. The molecule has 0 aliphatic carbocycles. The van der Waals surface area contributed by atoms with E-state index < -0.39 is 11.7 Å². The zero-order valence-electron chi connectivity index (χ0n) is 11.1. The Hall–Kier alpha value is -1.77. The number of benzene rings is 1. The van der Waals surface area contributed by atoms with Gasteiger partial charge in [-0.2, -0.15) is 13.2 Å². The van der Waals surface area contributed by atoms with Gasteiger partial charge in [0.05, 0.1) is 5.56 Å². The van der Waals surface area contributed by atoms with Crippen molar-refractivity contribution in [2.24, 2.45) is 0 Å². The molecule has 0 saturated carbocycles. The van der Waals surface area contributed by atoms with Crippen molar-refractivity contribution < 1.29 is 13.2 Å². The Labute approximate surface area is 112 Å². The fourth-order valence-electron chi connectivity index (χ4n) is 1.60. The smallest absolute Gasteiger partial charge is 0.166 e. The SMILES string of the molecule is C=C(/C=C\C(=C/C)CC)c1ccc(C(F)(F)F)cc1. The lowest BCUT2D eigenvalue weighted by atomic mass is 10.0. The average molecular weight is 266 g/mol. The van der Waals surface area contributed by atoms with Crippen LogP contribution >= 0.6 is 0 Å². The topological polar surface area (TPSA) is 0 Å². The lowest BCUT2D eigenvalue weighted by molar-refractivity contribution is -0.137. The van der Waals surface area contributed by atoms with Crippen LogP contribution in [0.15, 0.2) is 54.6 Å². The lowest BCUT2D eigenvalue weighted by Gasteiger charge is -2.07. The van der Waals surface area contributed by atoms with Gasteiger partial charge in [0.15, 0.2) is 0 Å². The van der Waals surface area contributed by atoms with Gasteiger partial charge in [0.1, 0.15) is 0 Å². The maximum atomic E-state index is 12.4. The third kappa shape index (κ3) is 4.43. The first-order chi connectivity index (χ1) is 8.88. The molecule has 19 heavy (non-hydrogen) atoms. The Balaban J connectivity index is 2.85. The van der Waals surface area contributed by atoms with E-state index in [9.17, 15) is 13.2 Å². The summed E-state index contributed by atoms with van der Waals surface area (Å²) >= 11 is 0. The minimum absolute atomic E-state index is 0.643. The second-order valence-corrected chi connectivity index (χ2v) is 4.15. The van der Waals surface area contributed by atoms with Crippen LogP contribution in [0.5, 0.6) is 0 Å². The highest BCUT2D eigenvalue weighted by Crippen LogP contribution is 2.30. The summed E-state index contributed by atoms with van der Waals surface area (Å²) in [5.41, 5.74) is 1.90. The van der Waals surface area contributed by atoms with Gasteiger partial charge >= 0.3 is 6.18 Å². The largest absolute Gasteiger partial charge is 0.416 e.